The van der Waals surface area contributed by atoms with Crippen molar-refractivity contribution in [1.29, 1.82) is 0 Å². The Morgan fingerprint density at radius 3 is 2.78 bits per heavy atom. The summed E-state index contributed by atoms with van der Waals surface area (Å²) in [6.45, 7) is 1.41. The molecule has 166 valence electrons. The zero-order chi connectivity index (χ0) is 22.5. The third-order valence-electron chi connectivity index (χ3n) is 5.57. The van der Waals surface area contributed by atoms with Crippen LogP contribution in [0.25, 0.3) is 5.69 Å². The third kappa shape index (κ3) is 4.37. The Balaban J connectivity index is 1.76. The van der Waals surface area contributed by atoms with Crippen LogP contribution in [0.5, 0.6) is 0 Å². The van der Waals surface area contributed by atoms with Gasteiger partial charge >= 0.3 is 5.97 Å². The largest absolute Gasteiger partial charge is 0.465 e. The molecule has 0 saturated carbocycles. The zero-order valence-corrected chi connectivity index (χ0v) is 18.9. The number of carbonyl (C=O) groups excluding carboxylic acids is 1. The van der Waals surface area contributed by atoms with Gasteiger partial charge in [0.05, 0.1) is 30.5 Å². The minimum absolute atomic E-state index is 0.0777. The SMILES string of the molecule is COCCCN1C(=S)N[C@H](c2ccccn2)[C@@H]1c1cccn1-c1cccc(C(=O)OC)c1. The van der Waals surface area contributed by atoms with Crippen molar-refractivity contribution in [3.8, 4) is 5.69 Å². The summed E-state index contributed by atoms with van der Waals surface area (Å²) in [5.74, 6) is -0.364. The van der Waals surface area contributed by atoms with E-state index in [-0.39, 0.29) is 18.1 Å². The minimum atomic E-state index is -0.364. The lowest BCUT2D eigenvalue weighted by Crippen LogP contribution is -2.32. The van der Waals surface area contributed by atoms with E-state index >= 15 is 0 Å². The number of methoxy groups -OCH3 is 2. The lowest BCUT2D eigenvalue weighted by atomic mass is 10.0. The summed E-state index contributed by atoms with van der Waals surface area (Å²) in [6.07, 6.45) is 4.64. The van der Waals surface area contributed by atoms with Crippen molar-refractivity contribution in [2.75, 3.05) is 27.4 Å². The first-order valence-electron chi connectivity index (χ1n) is 10.5. The van der Waals surface area contributed by atoms with Crippen LogP contribution in [0.2, 0.25) is 0 Å². The van der Waals surface area contributed by atoms with Crippen LogP contribution < -0.4 is 5.32 Å². The lowest BCUT2D eigenvalue weighted by Gasteiger charge is -2.29. The fourth-order valence-electron chi connectivity index (χ4n) is 4.12. The highest BCUT2D eigenvalue weighted by atomic mass is 32.1. The Morgan fingerprint density at radius 2 is 2.03 bits per heavy atom. The van der Waals surface area contributed by atoms with Gasteiger partial charge in [0, 0.05) is 44.0 Å². The van der Waals surface area contributed by atoms with E-state index in [1.807, 2.05) is 48.7 Å². The van der Waals surface area contributed by atoms with E-state index in [1.165, 1.54) is 7.11 Å². The fourth-order valence-corrected chi connectivity index (χ4v) is 4.45. The van der Waals surface area contributed by atoms with Crippen molar-refractivity contribution in [2.24, 2.45) is 0 Å². The number of aromatic nitrogens is 2. The number of ether oxygens (including phenoxy) is 2. The number of pyridine rings is 1. The third-order valence-corrected chi connectivity index (χ3v) is 5.93. The van der Waals surface area contributed by atoms with Gasteiger partial charge in [-0.3, -0.25) is 4.98 Å². The summed E-state index contributed by atoms with van der Waals surface area (Å²) in [5, 5.41) is 4.16. The quantitative estimate of drug-likeness (QED) is 0.319. The molecule has 4 rings (SSSR count). The van der Waals surface area contributed by atoms with Gasteiger partial charge in [0.25, 0.3) is 0 Å². The molecule has 0 amide bonds. The van der Waals surface area contributed by atoms with Gasteiger partial charge in [0.1, 0.15) is 0 Å². The second kappa shape index (κ2) is 9.93. The van der Waals surface area contributed by atoms with Gasteiger partial charge in [-0.05, 0) is 61.1 Å². The molecule has 0 spiro atoms. The first kappa shape index (κ1) is 22.0. The summed E-state index contributed by atoms with van der Waals surface area (Å²) in [4.78, 5) is 18.9. The number of hydrogen-bond acceptors (Lipinski definition) is 5. The molecule has 32 heavy (non-hydrogen) atoms. The lowest BCUT2D eigenvalue weighted by molar-refractivity contribution is 0.0600. The summed E-state index contributed by atoms with van der Waals surface area (Å²) in [6, 6.07) is 17.2. The van der Waals surface area contributed by atoms with Crippen LogP contribution in [0, 0.1) is 0 Å². The summed E-state index contributed by atoms with van der Waals surface area (Å²) in [7, 11) is 3.09. The van der Waals surface area contributed by atoms with E-state index in [2.05, 4.69) is 25.8 Å². The number of esters is 1. The number of carbonyl (C=O) groups is 1. The van der Waals surface area contributed by atoms with Gasteiger partial charge in [0.2, 0.25) is 0 Å². The van der Waals surface area contributed by atoms with Crippen LogP contribution in [0.15, 0.2) is 67.0 Å². The molecule has 0 aliphatic carbocycles. The van der Waals surface area contributed by atoms with E-state index in [1.54, 1.807) is 19.4 Å². The van der Waals surface area contributed by atoms with Crippen molar-refractivity contribution in [2.45, 2.75) is 18.5 Å². The molecule has 8 heteroatoms. The van der Waals surface area contributed by atoms with Crippen LogP contribution in [0.3, 0.4) is 0 Å². The molecule has 3 heterocycles. The molecule has 1 aromatic carbocycles. The van der Waals surface area contributed by atoms with E-state index in [9.17, 15) is 4.79 Å². The summed E-state index contributed by atoms with van der Waals surface area (Å²) < 4.78 is 12.2. The van der Waals surface area contributed by atoms with Crippen molar-refractivity contribution in [1.82, 2.24) is 19.8 Å². The number of rotatable bonds is 8. The number of nitrogens with zero attached hydrogens (tertiary/aromatic N) is 3. The van der Waals surface area contributed by atoms with Gasteiger partial charge < -0.3 is 24.3 Å². The zero-order valence-electron chi connectivity index (χ0n) is 18.1. The predicted molar refractivity (Wildman–Crippen MR) is 126 cm³/mol. The molecule has 1 saturated heterocycles. The van der Waals surface area contributed by atoms with Crippen molar-refractivity contribution < 1.29 is 14.3 Å². The Hall–Kier alpha value is -3.23. The maximum Gasteiger partial charge on any atom is 0.337 e. The predicted octanol–water partition coefficient (Wildman–Crippen LogP) is 3.67. The van der Waals surface area contributed by atoms with Crippen LogP contribution in [-0.4, -0.2) is 52.9 Å². The van der Waals surface area contributed by atoms with E-state index in [0.29, 0.717) is 17.3 Å². The van der Waals surface area contributed by atoms with Crippen LogP contribution in [0.4, 0.5) is 0 Å². The van der Waals surface area contributed by atoms with E-state index in [4.69, 9.17) is 21.7 Å². The Bertz CT molecular complexity index is 1090. The number of thiocarbonyl (C=S) groups is 1. The second-order valence-corrected chi connectivity index (χ2v) is 7.90. The molecule has 3 aromatic rings. The average molecular weight is 451 g/mol. The van der Waals surface area contributed by atoms with Crippen LogP contribution >= 0.6 is 12.2 Å². The normalized spacial score (nSPS) is 17.9. The summed E-state index contributed by atoms with van der Waals surface area (Å²) >= 11 is 5.72. The van der Waals surface area contributed by atoms with Gasteiger partial charge in [-0.25, -0.2) is 4.79 Å². The molecule has 2 aromatic heterocycles. The number of nitrogens with one attached hydrogen (secondary N) is 1. The molecule has 2 atom stereocenters. The van der Waals surface area contributed by atoms with Gasteiger partial charge in [-0.2, -0.15) is 0 Å². The van der Waals surface area contributed by atoms with Gasteiger partial charge in [-0.1, -0.05) is 12.1 Å². The van der Waals surface area contributed by atoms with Crippen LogP contribution in [-0.2, 0) is 9.47 Å². The Labute approximate surface area is 193 Å². The molecule has 1 N–H and O–H groups in total. The molecule has 1 aliphatic rings. The highest BCUT2D eigenvalue weighted by Crippen LogP contribution is 2.39. The van der Waals surface area contributed by atoms with Crippen molar-refractivity contribution >= 4 is 23.3 Å². The molecule has 7 nitrogen and oxygen atoms in total. The molecule has 0 radical (unpaired) electrons. The van der Waals surface area contributed by atoms with Gasteiger partial charge in [-0.15, -0.1) is 0 Å². The topological polar surface area (TPSA) is 68.6 Å². The molecular weight excluding hydrogens is 424 g/mol. The number of benzene rings is 1. The summed E-state index contributed by atoms with van der Waals surface area (Å²) in [5.41, 5.74) is 3.35. The molecule has 1 aliphatic heterocycles. The van der Waals surface area contributed by atoms with Crippen LogP contribution in [0.1, 0.15) is 40.3 Å². The fraction of sp³-hybridized carbons (Fsp3) is 0.292. The van der Waals surface area contributed by atoms with E-state index in [0.717, 1.165) is 30.0 Å². The monoisotopic (exact) mass is 450 g/mol. The highest BCUT2D eigenvalue weighted by Gasteiger charge is 2.40. The first-order chi connectivity index (χ1) is 15.6. The highest BCUT2D eigenvalue weighted by molar-refractivity contribution is 7.80. The first-order valence-corrected chi connectivity index (χ1v) is 10.9. The molecule has 0 unspecified atom stereocenters. The standard InChI is InChI=1S/C24H26N4O3S/c1-30-15-7-14-28-22(21(26-24(28)32)19-10-3-4-12-25-19)20-11-6-13-27(20)18-9-5-8-17(16-18)23(29)31-2/h3-6,8-13,16,21-22H,7,14-15H2,1-2H3,(H,26,32)/t21-,22+/m1/s1. The van der Waals surface area contributed by atoms with E-state index < -0.39 is 0 Å². The van der Waals surface area contributed by atoms with Gasteiger partial charge in [0.15, 0.2) is 5.11 Å². The molecule has 0 bridgehead atoms. The average Bonchev–Trinajstić information content (AvgIpc) is 3.44. The minimum Gasteiger partial charge on any atom is -0.465 e. The smallest absolute Gasteiger partial charge is 0.337 e. The Kier molecular flexibility index (Phi) is 6.82. The maximum absolute atomic E-state index is 12.1. The Morgan fingerprint density at radius 1 is 1.16 bits per heavy atom. The molecular formula is C24H26N4O3S. The second-order valence-electron chi connectivity index (χ2n) is 7.51. The molecule has 1 fully saturated rings. The van der Waals surface area contributed by atoms with Crippen molar-refractivity contribution in [3.05, 3.63) is 83.9 Å². The van der Waals surface area contributed by atoms with Crippen molar-refractivity contribution in [3.63, 3.8) is 0 Å². The maximum atomic E-state index is 12.1. The number of hydrogen-bond donors (Lipinski definition) is 1.